The van der Waals surface area contributed by atoms with Crippen LogP contribution < -0.4 is 15.8 Å². The molecule has 0 heterocycles. The lowest BCUT2D eigenvalue weighted by Crippen LogP contribution is -2.13. The number of hydrogen-bond acceptors (Lipinski definition) is 4. The molecule has 0 saturated carbocycles. The summed E-state index contributed by atoms with van der Waals surface area (Å²) < 4.78 is 18.7. The molecule has 0 radical (unpaired) electrons. The van der Waals surface area contributed by atoms with E-state index in [1.165, 1.54) is 31.4 Å². The van der Waals surface area contributed by atoms with Gasteiger partial charge in [0.2, 0.25) is 0 Å². The summed E-state index contributed by atoms with van der Waals surface area (Å²) in [5, 5.41) is 11.1. The lowest BCUT2D eigenvalue weighted by molar-refractivity contribution is 0.102. The first-order valence-electron chi connectivity index (χ1n) is 5.99. The number of benzene rings is 2. The molecule has 3 N–H and O–H groups in total. The molecule has 0 bridgehead atoms. The van der Waals surface area contributed by atoms with E-state index in [0.29, 0.717) is 11.4 Å². The number of amides is 1. The number of nitrogens with two attached hydrogens (primary N) is 1. The molecule has 0 unspecified atom stereocenters. The van der Waals surface area contributed by atoms with Crippen LogP contribution in [-0.2, 0) is 0 Å². The number of carbonyl (C=O) groups excluding carboxylic acids is 1. The Morgan fingerprint density at radius 3 is 2.67 bits per heavy atom. The van der Waals surface area contributed by atoms with Crippen LogP contribution in [0.1, 0.15) is 15.9 Å². The van der Waals surface area contributed by atoms with Crippen molar-refractivity contribution in [2.45, 2.75) is 0 Å². The Balaban J connectivity index is 2.22. The lowest BCUT2D eigenvalue weighted by Gasteiger charge is -2.09. The monoisotopic (exact) mass is 285 g/mol. The highest BCUT2D eigenvalue weighted by Gasteiger charge is 2.11. The van der Waals surface area contributed by atoms with Gasteiger partial charge in [-0.15, -0.1) is 0 Å². The first-order valence-corrected chi connectivity index (χ1v) is 5.99. The van der Waals surface area contributed by atoms with Crippen molar-refractivity contribution in [3.63, 3.8) is 0 Å². The summed E-state index contributed by atoms with van der Waals surface area (Å²) >= 11 is 0. The van der Waals surface area contributed by atoms with Crippen LogP contribution in [0.4, 0.5) is 15.8 Å². The van der Waals surface area contributed by atoms with E-state index < -0.39 is 11.7 Å². The fourth-order valence-electron chi connectivity index (χ4n) is 1.76. The minimum atomic E-state index is -0.677. The number of methoxy groups -OCH3 is 1. The van der Waals surface area contributed by atoms with Crippen molar-refractivity contribution < 1.29 is 13.9 Å². The third kappa shape index (κ3) is 3.09. The van der Waals surface area contributed by atoms with E-state index in [4.69, 9.17) is 15.7 Å². The molecule has 0 aliphatic carbocycles. The maximum atomic E-state index is 13.7. The van der Waals surface area contributed by atoms with Crippen molar-refractivity contribution >= 4 is 17.3 Å². The van der Waals surface area contributed by atoms with Gasteiger partial charge in [-0.05, 0) is 36.4 Å². The van der Waals surface area contributed by atoms with E-state index >= 15 is 0 Å². The standard InChI is InChI=1S/C15H12FN3O2/c1-21-14-5-3-10(7-12(14)18)15(20)19-13-4-2-9(8-17)6-11(13)16/h2-7H,18H2,1H3,(H,19,20). The second kappa shape index (κ2) is 5.92. The van der Waals surface area contributed by atoms with Crippen LogP contribution in [0.3, 0.4) is 0 Å². The smallest absolute Gasteiger partial charge is 0.255 e. The van der Waals surface area contributed by atoms with Crippen LogP contribution >= 0.6 is 0 Å². The summed E-state index contributed by atoms with van der Waals surface area (Å²) in [5.41, 5.74) is 6.48. The average molecular weight is 285 g/mol. The Morgan fingerprint density at radius 2 is 2.10 bits per heavy atom. The van der Waals surface area contributed by atoms with Crippen LogP contribution in [0.15, 0.2) is 36.4 Å². The van der Waals surface area contributed by atoms with E-state index in [1.54, 1.807) is 6.07 Å². The predicted molar refractivity (Wildman–Crippen MR) is 76.5 cm³/mol. The normalized spacial score (nSPS) is 9.76. The van der Waals surface area contributed by atoms with Gasteiger partial charge in [0.05, 0.1) is 30.1 Å². The number of nitrogens with zero attached hydrogens (tertiary/aromatic N) is 1. The molecule has 106 valence electrons. The molecule has 1 amide bonds. The van der Waals surface area contributed by atoms with E-state index in [2.05, 4.69) is 5.32 Å². The first kappa shape index (κ1) is 14.3. The summed E-state index contributed by atoms with van der Waals surface area (Å²) in [6, 6.07) is 10.1. The van der Waals surface area contributed by atoms with Gasteiger partial charge in [0.25, 0.3) is 5.91 Å². The van der Waals surface area contributed by atoms with Gasteiger partial charge >= 0.3 is 0 Å². The lowest BCUT2D eigenvalue weighted by atomic mass is 10.1. The summed E-state index contributed by atoms with van der Waals surface area (Å²) in [7, 11) is 1.47. The van der Waals surface area contributed by atoms with Gasteiger partial charge in [-0.2, -0.15) is 5.26 Å². The average Bonchev–Trinajstić information content (AvgIpc) is 2.49. The minimum absolute atomic E-state index is 0.00612. The highest BCUT2D eigenvalue weighted by Crippen LogP contribution is 2.23. The Hall–Kier alpha value is -3.07. The van der Waals surface area contributed by atoms with Gasteiger partial charge in [-0.25, -0.2) is 4.39 Å². The maximum absolute atomic E-state index is 13.7. The number of halogens is 1. The molecule has 0 fully saturated rings. The zero-order chi connectivity index (χ0) is 15.4. The highest BCUT2D eigenvalue weighted by atomic mass is 19.1. The molecule has 0 saturated heterocycles. The zero-order valence-corrected chi connectivity index (χ0v) is 11.2. The molecule has 2 aromatic rings. The van der Waals surface area contributed by atoms with Crippen molar-refractivity contribution in [3.05, 3.63) is 53.3 Å². The summed E-state index contributed by atoms with van der Waals surface area (Å²) in [5.74, 6) is -0.729. The van der Waals surface area contributed by atoms with Crippen molar-refractivity contribution in [2.75, 3.05) is 18.2 Å². The number of rotatable bonds is 3. The molecule has 2 aromatic carbocycles. The number of hydrogen-bond donors (Lipinski definition) is 2. The van der Waals surface area contributed by atoms with Crippen molar-refractivity contribution in [1.82, 2.24) is 0 Å². The molecular weight excluding hydrogens is 273 g/mol. The van der Waals surface area contributed by atoms with Crippen molar-refractivity contribution in [2.24, 2.45) is 0 Å². The van der Waals surface area contributed by atoms with Gasteiger partial charge in [0.15, 0.2) is 0 Å². The second-order valence-corrected chi connectivity index (χ2v) is 4.22. The van der Waals surface area contributed by atoms with Crippen LogP contribution in [0, 0.1) is 17.1 Å². The van der Waals surface area contributed by atoms with Crippen LogP contribution in [-0.4, -0.2) is 13.0 Å². The SMILES string of the molecule is COc1ccc(C(=O)Nc2ccc(C#N)cc2F)cc1N. The summed E-state index contributed by atoms with van der Waals surface area (Å²) in [6.45, 7) is 0. The molecule has 0 atom stereocenters. The number of nitrogen functional groups attached to an aromatic ring is 1. The Morgan fingerprint density at radius 1 is 1.33 bits per heavy atom. The molecule has 5 nitrogen and oxygen atoms in total. The summed E-state index contributed by atoms with van der Waals surface area (Å²) in [4.78, 5) is 12.0. The molecule has 0 aromatic heterocycles. The third-order valence-corrected chi connectivity index (χ3v) is 2.84. The van der Waals surface area contributed by atoms with E-state index in [9.17, 15) is 9.18 Å². The van der Waals surface area contributed by atoms with Gasteiger partial charge < -0.3 is 15.8 Å². The van der Waals surface area contributed by atoms with Gasteiger partial charge in [-0.1, -0.05) is 0 Å². The number of anilines is 2. The van der Waals surface area contributed by atoms with E-state index in [0.717, 1.165) is 6.07 Å². The first-order chi connectivity index (χ1) is 10.0. The predicted octanol–water partition coefficient (Wildman–Crippen LogP) is 2.54. The minimum Gasteiger partial charge on any atom is -0.495 e. The Bertz CT molecular complexity index is 738. The molecule has 0 spiro atoms. The second-order valence-electron chi connectivity index (χ2n) is 4.22. The van der Waals surface area contributed by atoms with E-state index in [1.807, 2.05) is 6.07 Å². The summed E-state index contributed by atoms with van der Waals surface area (Å²) in [6.07, 6.45) is 0. The van der Waals surface area contributed by atoms with Crippen molar-refractivity contribution in [3.8, 4) is 11.8 Å². The van der Waals surface area contributed by atoms with Gasteiger partial charge in [-0.3, -0.25) is 4.79 Å². The van der Waals surface area contributed by atoms with Gasteiger partial charge in [0, 0.05) is 5.56 Å². The van der Waals surface area contributed by atoms with Crippen LogP contribution in [0.2, 0.25) is 0 Å². The zero-order valence-electron chi connectivity index (χ0n) is 11.2. The largest absolute Gasteiger partial charge is 0.495 e. The molecule has 0 aliphatic rings. The molecule has 6 heteroatoms. The topological polar surface area (TPSA) is 88.1 Å². The van der Waals surface area contributed by atoms with Crippen molar-refractivity contribution in [1.29, 1.82) is 5.26 Å². The Kier molecular flexibility index (Phi) is 4.05. The maximum Gasteiger partial charge on any atom is 0.255 e. The molecule has 2 rings (SSSR count). The molecular formula is C15H12FN3O2. The van der Waals surface area contributed by atoms with E-state index in [-0.39, 0.29) is 16.8 Å². The Labute approximate surface area is 120 Å². The van der Waals surface area contributed by atoms with Crippen LogP contribution in [0.5, 0.6) is 5.75 Å². The number of carbonyl (C=O) groups is 1. The van der Waals surface area contributed by atoms with Crippen LogP contribution in [0.25, 0.3) is 0 Å². The molecule has 0 aliphatic heterocycles. The fourth-order valence-corrected chi connectivity index (χ4v) is 1.76. The quantitative estimate of drug-likeness (QED) is 0.848. The highest BCUT2D eigenvalue weighted by molar-refractivity contribution is 6.05. The van der Waals surface area contributed by atoms with Gasteiger partial charge in [0.1, 0.15) is 11.6 Å². The number of nitriles is 1. The fraction of sp³-hybridized carbons (Fsp3) is 0.0667. The third-order valence-electron chi connectivity index (χ3n) is 2.84. The molecule has 21 heavy (non-hydrogen) atoms. The number of nitrogens with one attached hydrogen (secondary N) is 1. The number of ether oxygens (including phenoxy) is 1.